The molecular formula is C17H19ClN2O. The van der Waals surface area contributed by atoms with E-state index in [-0.39, 0.29) is 0 Å². The molecule has 1 heterocycles. The van der Waals surface area contributed by atoms with Crippen LogP contribution in [0.5, 0.6) is 11.6 Å². The maximum absolute atomic E-state index is 6.16. The molecule has 0 spiro atoms. The van der Waals surface area contributed by atoms with E-state index >= 15 is 0 Å². The van der Waals surface area contributed by atoms with Crippen LogP contribution < -0.4 is 10.1 Å². The molecule has 3 nitrogen and oxygen atoms in total. The van der Waals surface area contributed by atoms with Gasteiger partial charge in [-0.2, -0.15) is 0 Å². The summed E-state index contributed by atoms with van der Waals surface area (Å²) in [5, 5.41) is 4.08. The molecule has 0 radical (unpaired) electrons. The Morgan fingerprint density at radius 3 is 2.81 bits per heavy atom. The molecule has 1 aliphatic rings. The molecule has 0 unspecified atom stereocenters. The largest absolute Gasteiger partial charge is 0.437 e. The van der Waals surface area contributed by atoms with E-state index in [9.17, 15) is 0 Å². The van der Waals surface area contributed by atoms with Gasteiger partial charge in [0.25, 0.3) is 0 Å². The molecular weight excluding hydrogens is 284 g/mol. The molecule has 21 heavy (non-hydrogen) atoms. The number of nitrogens with one attached hydrogen (secondary N) is 1. The summed E-state index contributed by atoms with van der Waals surface area (Å²) in [7, 11) is 0. The summed E-state index contributed by atoms with van der Waals surface area (Å²) in [4.78, 5) is 4.42. The number of hydrogen-bond donors (Lipinski definition) is 1. The van der Waals surface area contributed by atoms with E-state index < -0.39 is 0 Å². The second kappa shape index (κ2) is 6.04. The molecule has 0 aliphatic heterocycles. The third-order valence-electron chi connectivity index (χ3n) is 3.55. The fraction of sp³-hybridized carbons (Fsp3) is 0.353. The summed E-state index contributed by atoms with van der Waals surface area (Å²) in [6.07, 6.45) is 4.44. The lowest BCUT2D eigenvalue weighted by atomic mass is 10.2. The van der Waals surface area contributed by atoms with Crippen LogP contribution in [0.4, 0.5) is 0 Å². The van der Waals surface area contributed by atoms with Gasteiger partial charge in [-0.1, -0.05) is 17.7 Å². The minimum absolute atomic E-state index is 0.598. The van der Waals surface area contributed by atoms with Crippen LogP contribution in [0.25, 0.3) is 0 Å². The van der Waals surface area contributed by atoms with Crippen molar-refractivity contribution in [1.82, 2.24) is 10.3 Å². The van der Waals surface area contributed by atoms with Crippen molar-refractivity contribution >= 4 is 11.6 Å². The van der Waals surface area contributed by atoms with Gasteiger partial charge >= 0.3 is 0 Å². The molecule has 0 saturated heterocycles. The third kappa shape index (κ3) is 3.74. The van der Waals surface area contributed by atoms with Gasteiger partial charge in [0.15, 0.2) is 0 Å². The summed E-state index contributed by atoms with van der Waals surface area (Å²) < 4.78 is 5.85. The summed E-state index contributed by atoms with van der Waals surface area (Å²) in [5.74, 6) is 1.26. The molecule has 0 atom stereocenters. The minimum atomic E-state index is 0.598. The second-order valence-electron chi connectivity index (χ2n) is 5.66. The Kier molecular flexibility index (Phi) is 4.13. The Morgan fingerprint density at radius 2 is 2.10 bits per heavy atom. The van der Waals surface area contributed by atoms with Crippen molar-refractivity contribution < 1.29 is 4.74 Å². The average molecular weight is 303 g/mol. The van der Waals surface area contributed by atoms with Gasteiger partial charge < -0.3 is 10.1 Å². The Balaban J connectivity index is 1.74. The van der Waals surface area contributed by atoms with Crippen molar-refractivity contribution in [2.75, 3.05) is 0 Å². The number of halogens is 1. The third-order valence-corrected chi connectivity index (χ3v) is 3.86. The lowest BCUT2D eigenvalue weighted by Gasteiger charge is -2.11. The molecule has 1 aromatic heterocycles. The number of aryl methyl sites for hydroxylation is 2. The predicted molar refractivity (Wildman–Crippen MR) is 85.1 cm³/mol. The lowest BCUT2D eigenvalue weighted by molar-refractivity contribution is 0.458. The summed E-state index contributed by atoms with van der Waals surface area (Å²) in [5.41, 5.74) is 3.31. The van der Waals surface area contributed by atoms with E-state index in [1.807, 2.05) is 38.2 Å². The Bertz CT molecular complexity index is 653. The van der Waals surface area contributed by atoms with Gasteiger partial charge in [0.2, 0.25) is 5.88 Å². The van der Waals surface area contributed by atoms with E-state index in [0.717, 1.165) is 17.7 Å². The highest BCUT2D eigenvalue weighted by Gasteiger charge is 2.20. The van der Waals surface area contributed by atoms with Crippen molar-refractivity contribution in [2.45, 2.75) is 39.3 Å². The first kappa shape index (κ1) is 14.4. The zero-order valence-corrected chi connectivity index (χ0v) is 13.1. The summed E-state index contributed by atoms with van der Waals surface area (Å²) in [6, 6.07) is 8.54. The number of rotatable bonds is 5. The van der Waals surface area contributed by atoms with Crippen LogP contribution >= 0.6 is 11.6 Å². The number of aromatic nitrogens is 1. The Hall–Kier alpha value is -1.58. The van der Waals surface area contributed by atoms with Crippen LogP contribution in [0.2, 0.25) is 5.02 Å². The molecule has 4 heteroatoms. The molecule has 1 fully saturated rings. The van der Waals surface area contributed by atoms with Gasteiger partial charge in [-0.05, 0) is 56.0 Å². The van der Waals surface area contributed by atoms with Crippen LogP contribution in [0, 0.1) is 13.8 Å². The Labute approximate surface area is 130 Å². The lowest BCUT2D eigenvalue weighted by Crippen LogP contribution is -2.15. The SMILES string of the molecule is Cc1ccc(Cl)c(Oc2ncc(CNC3CC3)cc2C)c1. The molecule has 1 aliphatic carbocycles. The van der Waals surface area contributed by atoms with Gasteiger partial charge in [-0.15, -0.1) is 0 Å². The normalized spacial score (nSPS) is 14.2. The van der Waals surface area contributed by atoms with Crippen molar-refractivity contribution in [1.29, 1.82) is 0 Å². The Morgan fingerprint density at radius 1 is 1.29 bits per heavy atom. The standard InChI is InChI=1S/C17H19ClN2O/c1-11-3-6-15(18)16(7-11)21-17-12(2)8-13(10-20-17)9-19-14-4-5-14/h3,6-8,10,14,19H,4-5,9H2,1-2H3. The van der Waals surface area contributed by atoms with Gasteiger partial charge in [-0.3, -0.25) is 0 Å². The van der Waals surface area contributed by atoms with Crippen molar-refractivity contribution in [3.63, 3.8) is 0 Å². The molecule has 0 amide bonds. The van der Waals surface area contributed by atoms with Crippen molar-refractivity contribution in [2.24, 2.45) is 0 Å². The average Bonchev–Trinajstić information content (AvgIpc) is 3.27. The van der Waals surface area contributed by atoms with E-state index in [0.29, 0.717) is 22.7 Å². The maximum atomic E-state index is 6.16. The van der Waals surface area contributed by atoms with Crippen LogP contribution in [0.15, 0.2) is 30.5 Å². The van der Waals surface area contributed by atoms with Gasteiger partial charge in [0.1, 0.15) is 5.75 Å². The van der Waals surface area contributed by atoms with E-state index in [2.05, 4.69) is 16.4 Å². The zero-order valence-electron chi connectivity index (χ0n) is 12.3. The van der Waals surface area contributed by atoms with Crippen LogP contribution in [-0.2, 0) is 6.54 Å². The molecule has 3 rings (SSSR count). The van der Waals surface area contributed by atoms with Crippen LogP contribution in [0.3, 0.4) is 0 Å². The van der Waals surface area contributed by atoms with E-state index in [1.165, 1.54) is 18.4 Å². The summed E-state index contributed by atoms with van der Waals surface area (Å²) in [6.45, 7) is 4.88. The van der Waals surface area contributed by atoms with E-state index in [4.69, 9.17) is 16.3 Å². The first-order valence-corrected chi connectivity index (χ1v) is 7.62. The molecule has 0 bridgehead atoms. The predicted octanol–water partition coefficient (Wildman–Crippen LogP) is 4.40. The molecule has 1 saturated carbocycles. The zero-order chi connectivity index (χ0) is 14.8. The molecule has 110 valence electrons. The number of benzene rings is 1. The highest BCUT2D eigenvalue weighted by Crippen LogP contribution is 2.31. The quantitative estimate of drug-likeness (QED) is 0.889. The fourth-order valence-corrected chi connectivity index (χ4v) is 2.32. The molecule has 1 aromatic carbocycles. The number of pyridine rings is 1. The van der Waals surface area contributed by atoms with Crippen molar-refractivity contribution in [3.05, 3.63) is 52.2 Å². The first-order chi connectivity index (χ1) is 10.1. The number of hydrogen-bond acceptors (Lipinski definition) is 3. The van der Waals surface area contributed by atoms with Crippen LogP contribution in [0.1, 0.15) is 29.5 Å². The summed E-state index contributed by atoms with van der Waals surface area (Å²) >= 11 is 6.16. The molecule has 2 aromatic rings. The van der Waals surface area contributed by atoms with E-state index in [1.54, 1.807) is 0 Å². The van der Waals surface area contributed by atoms with Crippen LogP contribution in [-0.4, -0.2) is 11.0 Å². The fourth-order valence-electron chi connectivity index (χ4n) is 2.17. The van der Waals surface area contributed by atoms with Crippen molar-refractivity contribution in [3.8, 4) is 11.6 Å². The molecule has 1 N–H and O–H groups in total. The number of ether oxygens (including phenoxy) is 1. The maximum Gasteiger partial charge on any atom is 0.222 e. The first-order valence-electron chi connectivity index (χ1n) is 7.25. The number of nitrogens with zero attached hydrogens (tertiary/aromatic N) is 1. The highest BCUT2D eigenvalue weighted by molar-refractivity contribution is 6.32. The highest BCUT2D eigenvalue weighted by atomic mass is 35.5. The minimum Gasteiger partial charge on any atom is -0.437 e. The van der Waals surface area contributed by atoms with Gasteiger partial charge in [0.05, 0.1) is 5.02 Å². The monoisotopic (exact) mass is 302 g/mol. The van der Waals surface area contributed by atoms with Gasteiger partial charge in [-0.25, -0.2) is 4.98 Å². The van der Waals surface area contributed by atoms with Gasteiger partial charge in [0, 0.05) is 24.3 Å². The smallest absolute Gasteiger partial charge is 0.222 e. The topological polar surface area (TPSA) is 34.1 Å². The second-order valence-corrected chi connectivity index (χ2v) is 6.06.